The van der Waals surface area contributed by atoms with Gasteiger partial charge in [-0.15, -0.1) is 11.3 Å². The lowest BCUT2D eigenvalue weighted by Crippen LogP contribution is -2.01. The zero-order valence-electron chi connectivity index (χ0n) is 9.90. The molecule has 1 aromatic heterocycles. The highest BCUT2D eigenvalue weighted by Crippen LogP contribution is 2.26. The summed E-state index contributed by atoms with van der Waals surface area (Å²) >= 11 is 1.60. The van der Waals surface area contributed by atoms with Crippen molar-refractivity contribution in [1.82, 2.24) is 0 Å². The molecule has 0 aliphatic rings. The van der Waals surface area contributed by atoms with Crippen LogP contribution in [0.3, 0.4) is 0 Å². The molecule has 2 aromatic rings. The van der Waals surface area contributed by atoms with Gasteiger partial charge in [-0.1, -0.05) is 6.07 Å². The fourth-order valence-corrected chi connectivity index (χ4v) is 2.69. The number of aryl methyl sites for hydroxylation is 2. The lowest BCUT2D eigenvalue weighted by molar-refractivity contribution is 0.182. The Labute approximate surface area is 105 Å². The van der Waals surface area contributed by atoms with Crippen molar-refractivity contribution >= 4 is 11.3 Å². The van der Waals surface area contributed by atoms with Gasteiger partial charge in [0.05, 0.1) is 6.10 Å². The Morgan fingerprint density at radius 3 is 2.59 bits per heavy atom. The molecule has 0 saturated carbocycles. The molecule has 1 heterocycles. The Hall–Kier alpha value is -1.19. The number of halogens is 1. The van der Waals surface area contributed by atoms with Gasteiger partial charge >= 0.3 is 0 Å². The molecule has 0 amide bonds. The van der Waals surface area contributed by atoms with E-state index in [4.69, 9.17) is 0 Å². The van der Waals surface area contributed by atoms with Gasteiger partial charge in [-0.25, -0.2) is 4.39 Å². The minimum atomic E-state index is -0.502. The van der Waals surface area contributed by atoms with Crippen LogP contribution in [0.15, 0.2) is 30.3 Å². The van der Waals surface area contributed by atoms with Crippen LogP contribution in [-0.4, -0.2) is 5.11 Å². The standard InChI is InChI=1S/C14H15FOS/c1-9-7-12(15)5-4-11(9)8-13(16)14-6-3-10(2)17-14/h3-7,13,16H,8H2,1-2H3. The molecule has 1 N–H and O–H groups in total. The van der Waals surface area contributed by atoms with E-state index in [1.807, 2.05) is 26.0 Å². The third-order valence-corrected chi connectivity index (χ3v) is 3.91. The molecule has 0 radical (unpaired) electrons. The predicted octanol–water partition coefficient (Wildman–Crippen LogP) is 3.78. The zero-order chi connectivity index (χ0) is 12.4. The van der Waals surface area contributed by atoms with E-state index in [0.717, 1.165) is 16.0 Å². The van der Waals surface area contributed by atoms with Gasteiger partial charge in [-0.3, -0.25) is 0 Å². The second-order valence-electron chi connectivity index (χ2n) is 4.24. The van der Waals surface area contributed by atoms with E-state index in [1.165, 1.54) is 17.0 Å². The predicted molar refractivity (Wildman–Crippen MR) is 68.9 cm³/mol. The van der Waals surface area contributed by atoms with E-state index < -0.39 is 6.10 Å². The molecule has 0 aliphatic heterocycles. The molecule has 3 heteroatoms. The van der Waals surface area contributed by atoms with E-state index in [0.29, 0.717) is 6.42 Å². The van der Waals surface area contributed by atoms with Gasteiger partial charge in [0, 0.05) is 16.2 Å². The van der Waals surface area contributed by atoms with Crippen LogP contribution in [0.25, 0.3) is 0 Å². The molecular formula is C14H15FOS. The maximum atomic E-state index is 13.0. The van der Waals surface area contributed by atoms with Crippen LogP contribution in [0.1, 0.15) is 27.0 Å². The summed E-state index contributed by atoms with van der Waals surface area (Å²) in [6.45, 7) is 3.88. The van der Waals surface area contributed by atoms with Gasteiger partial charge in [0.25, 0.3) is 0 Å². The first-order valence-corrected chi connectivity index (χ1v) is 6.37. The Morgan fingerprint density at radius 1 is 1.24 bits per heavy atom. The highest BCUT2D eigenvalue weighted by atomic mass is 32.1. The van der Waals surface area contributed by atoms with Crippen molar-refractivity contribution in [3.63, 3.8) is 0 Å². The molecule has 0 fully saturated rings. The highest BCUT2D eigenvalue weighted by Gasteiger charge is 2.12. The van der Waals surface area contributed by atoms with Gasteiger partial charge < -0.3 is 5.11 Å². The van der Waals surface area contributed by atoms with Crippen LogP contribution < -0.4 is 0 Å². The van der Waals surface area contributed by atoms with Crippen LogP contribution >= 0.6 is 11.3 Å². The first-order chi connectivity index (χ1) is 8.06. The van der Waals surface area contributed by atoms with E-state index >= 15 is 0 Å². The number of benzene rings is 1. The first kappa shape index (κ1) is 12.3. The Bertz CT molecular complexity index is 519. The van der Waals surface area contributed by atoms with Crippen molar-refractivity contribution < 1.29 is 9.50 Å². The topological polar surface area (TPSA) is 20.2 Å². The number of thiophene rings is 1. The van der Waals surface area contributed by atoms with E-state index in [2.05, 4.69) is 0 Å². The monoisotopic (exact) mass is 250 g/mol. The molecule has 90 valence electrons. The largest absolute Gasteiger partial charge is 0.387 e. The molecule has 1 nitrogen and oxygen atoms in total. The molecule has 1 unspecified atom stereocenters. The van der Waals surface area contributed by atoms with Crippen LogP contribution in [-0.2, 0) is 6.42 Å². The second-order valence-corrected chi connectivity index (χ2v) is 5.56. The Kier molecular flexibility index (Phi) is 3.60. The quantitative estimate of drug-likeness (QED) is 0.879. The molecular weight excluding hydrogens is 235 g/mol. The first-order valence-electron chi connectivity index (χ1n) is 5.55. The Balaban J connectivity index is 2.15. The SMILES string of the molecule is Cc1ccc(C(O)Cc2ccc(F)cc2C)s1. The minimum Gasteiger partial charge on any atom is -0.387 e. The number of aliphatic hydroxyl groups excluding tert-OH is 1. The van der Waals surface area contributed by atoms with Crippen molar-refractivity contribution in [1.29, 1.82) is 0 Å². The van der Waals surface area contributed by atoms with Gasteiger partial charge in [-0.2, -0.15) is 0 Å². The second kappa shape index (κ2) is 4.98. The van der Waals surface area contributed by atoms with Crippen molar-refractivity contribution in [3.05, 3.63) is 57.0 Å². The molecule has 1 atom stereocenters. The van der Waals surface area contributed by atoms with Gasteiger partial charge in [0.15, 0.2) is 0 Å². The summed E-state index contributed by atoms with van der Waals surface area (Å²) in [6.07, 6.45) is 0.0318. The third kappa shape index (κ3) is 2.93. The van der Waals surface area contributed by atoms with Crippen molar-refractivity contribution in [2.45, 2.75) is 26.4 Å². The third-order valence-electron chi connectivity index (χ3n) is 2.81. The van der Waals surface area contributed by atoms with Gasteiger partial charge in [0.2, 0.25) is 0 Å². The summed E-state index contributed by atoms with van der Waals surface area (Å²) in [5.41, 5.74) is 1.88. The zero-order valence-corrected chi connectivity index (χ0v) is 10.7. The van der Waals surface area contributed by atoms with Crippen LogP contribution in [0.2, 0.25) is 0 Å². The van der Waals surface area contributed by atoms with Crippen LogP contribution in [0, 0.1) is 19.7 Å². The number of rotatable bonds is 3. The normalized spacial score (nSPS) is 12.7. The van der Waals surface area contributed by atoms with E-state index in [1.54, 1.807) is 17.4 Å². The minimum absolute atomic E-state index is 0.229. The smallest absolute Gasteiger partial charge is 0.123 e. The molecule has 2 rings (SSSR count). The summed E-state index contributed by atoms with van der Waals surface area (Å²) < 4.78 is 13.0. The number of hydrogen-bond acceptors (Lipinski definition) is 2. The highest BCUT2D eigenvalue weighted by molar-refractivity contribution is 7.12. The summed E-state index contributed by atoms with van der Waals surface area (Å²) in [7, 11) is 0. The average molecular weight is 250 g/mol. The fourth-order valence-electron chi connectivity index (χ4n) is 1.83. The van der Waals surface area contributed by atoms with Gasteiger partial charge in [0.1, 0.15) is 5.82 Å². The van der Waals surface area contributed by atoms with Crippen molar-refractivity contribution in [2.24, 2.45) is 0 Å². The molecule has 0 saturated heterocycles. The van der Waals surface area contributed by atoms with Crippen LogP contribution in [0.5, 0.6) is 0 Å². The van der Waals surface area contributed by atoms with Crippen molar-refractivity contribution in [3.8, 4) is 0 Å². The summed E-state index contributed by atoms with van der Waals surface area (Å²) in [6, 6.07) is 8.63. The summed E-state index contributed by atoms with van der Waals surface area (Å²) in [5, 5.41) is 10.1. The number of hydrogen-bond donors (Lipinski definition) is 1. The summed E-state index contributed by atoms with van der Waals surface area (Å²) in [5.74, 6) is -0.229. The van der Waals surface area contributed by atoms with Crippen LogP contribution in [0.4, 0.5) is 4.39 Å². The maximum absolute atomic E-state index is 13.0. The fraction of sp³-hybridized carbons (Fsp3) is 0.286. The average Bonchev–Trinajstić information content (AvgIpc) is 2.69. The van der Waals surface area contributed by atoms with Gasteiger partial charge in [-0.05, 0) is 49.2 Å². The number of aliphatic hydroxyl groups is 1. The Morgan fingerprint density at radius 2 is 2.00 bits per heavy atom. The molecule has 0 spiro atoms. The summed E-state index contributed by atoms with van der Waals surface area (Å²) in [4.78, 5) is 2.15. The van der Waals surface area contributed by atoms with E-state index in [-0.39, 0.29) is 5.82 Å². The molecule has 17 heavy (non-hydrogen) atoms. The lowest BCUT2D eigenvalue weighted by Gasteiger charge is -2.11. The molecule has 0 aliphatic carbocycles. The van der Waals surface area contributed by atoms with E-state index in [9.17, 15) is 9.50 Å². The van der Waals surface area contributed by atoms with Crippen molar-refractivity contribution in [2.75, 3.05) is 0 Å². The maximum Gasteiger partial charge on any atom is 0.123 e. The molecule has 1 aromatic carbocycles. The molecule has 0 bridgehead atoms. The lowest BCUT2D eigenvalue weighted by atomic mass is 10.0.